The first kappa shape index (κ1) is 12.6. The van der Waals surface area contributed by atoms with E-state index in [0.29, 0.717) is 11.5 Å². The summed E-state index contributed by atoms with van der Waals surface area (Å²) in [4.78, 5) is 6.43. The SMILES string of the molecule is N/C(=N/O)c1cccnc1N1CCC(CCO)C1. The van der Waals surface area contributed by atoms with Crippen molar-refractivity contribution in [3.05, 3.63) is 23.9 Å². The molecular weight excluding hydrogens is 232 g/mol. The molecule has 1 atom stereocenters. The number of nitrogens with two attached hydrogens (primary N) is 1. The summed E-state index contributed by atoms with van der Waals surface area (Å²) in [5.74, 6) is 1.30. The van der Waals surface area contributed by atoms with Gasteiger partial charge < -0.3 is 20.9 Å². The van der Waals surface area contributed by atoms with Crippen molar-refractivity contribution in [2.45, 2.75) is 12.8 Å². The molecule has 6 heteroatoms. The van der Waals surface area contributed by atoms with Crippen LogP contribution in [0.2, 0.25) is 0 Å². The van der Waals surface area contributed by atoms with Crippen molar-refractivity contribution < 1.29 is 10.3 Å². The van der Waals surface area contributed by atoms with Gasteiger partial charge in [-0.25, -0.2) is 4.98 Å². The summed E-state index contributed by atoms with van der Waals surface area (Å²) in [5, 5.41) is 20.8. The molecule has 18 heavy (non-hydrogen) atoms. The van der Waals surface area contributed by atoms with Gasteiger partial charge in [0, 0.05) is 25.9 Å². The van der Waals surface area contributed by atoms with Gasteiger partial charge in [-0.1, -0.05) is 5.16 Å². The van der Waals surface area contributed by atoms with Gasteiger partial charge in [0.2, 0.25) is 0 Å². The highest BCUT2D eigenvalue weighted by Gasteiger charge is 2.25. The van der Waals surface area contributed by atoms with Crippen LogP contribution < -0.4 is 10.6 Å². The minimum atomic E-state index is 0.0729. The number of hydrogen-bond acceptors (Lipinski definition) is 5. The summed E-state index contributed by atoms with van der Waals surface area (Å²) in [5.41, 5.74) is 6.29. The lowest BCUT2D eigenvalue weighted by molar-refractivity contribution is 0.263. The van der Waals surface area contributed by atoms with E-state index in [1.165, 1.54) is 0 Å². The number of rotatable bonds is 4. The number of anilines is 1. The van der Waals surface area contributed by atoms with Gasteiger partial charge in [0.25, 0.3) is 0 Å². The maximum absolute atomic E-state index is 8.96. The van der Waals surface area contributed by atoms with E-state index in [9.17, 15) is 0 Å². The third-order valence-electron chi connectivity index (χ3n) is 3.29. The van der Waals surface area contributed by atoms with Crippen molar-refractivity contribution in [3.8, 4) is 0 Å². The standard InChI is InChI=1S/C12H18N4O2/c13-11(15-18)10-2-1-5-14-12(10)16-6-3-9(8-16)4-7-17/h1-2,5,9,17-18H,3-4,6-8H2,(H2,13,15). The van der Waals surface area contributed by atoms with Crippen molar-refractivity contribution in [1.82, 2.24) is 4.98 Å². The lowest BCUT2D eigenvalue weighted by atomic mass is 10.1. The third-order valence-corrected chi connectivity index (χ3v) is 3.29. The van der Waals surface area contributed by atoms with Gasteiger partial charge in [-0.2, -0.15) is 0 Å². The van der Waals surface area contributed by atoms with Crippen molar-refractivity contribution in [3.63, 3.8) is 0 Å². The third kappa shape index (κ3) is 2.53. The van der Waals surface area contributed by atoms with E-state index in [4.69, 9.17) is 16.0 Å². The number of oxime groups is 1. The van der Waals surface area contributed by atoms with Crippen LogP contribution in [0.15, 0.2) is 23.5 Å². The first-order chi connectivity index (χ1) is 8.76. The molecule has 2 rings (SSSR count). The van der Waals surface area contributed by atoms with E-state index >= 15 is 0 Å². The highest BCUT2D eigenvalue weighted by Crippen LogP contribution is 2.26. The molecule has 0 spiro atoms. The molecule has 1 aromatic rings. The zero-order valence-corrected chi connectivity index (χ0v) is 10.2. The highest BCUT2D eigenvalue weighted by atomic mass is 16.4. The Morgan fingerprint density at radius 2 is 2.44 bits per heavy atom. The quantitative estimate of drug-likeness (QED) is 0.311. The molecule has 0 aromatic carbocycles. The molecule has 1 saturated heterocycles. The molecule has 1 fully saturated rings. The van der Waals surface area contributed by atoms with Crippen molar-refractivity contribution in [2.24, 2.45) is 16.8 Å². The molecule has 1 aliphatic rings. The molecule has 0 amide bonds. The van der Waals surface area contributed by atoms with Crippen LogP contribution in [-0.4, -0.2) is 40.8 Å². The maximum atomic E-state index is 8.96. The fraction of sp³-hybridized carbons (Fsp3) is 0.500. The van der Waals surface area contributed by atoms with E-state index in [2.05, 4.69) is 15.0 Å². The molecule has 0 bridgehead atoms. The molecular formula is C12H18N4O2. The second-order valence-corrected chi connectivity index (χ2v) is 4.47. The summed E-state index contributed by atoms with van der Waals surface area (Å²) in [7, 11) is 0. The molecule has 0 saturated carbocycles. The Hall–Kier alpha value is -1.82. The zero-order valence-electron chi connectivity index (χ0n) is 10.2. The normalized spacial score (nSPS) is 20.4. The van der Waals surface area contributed by atoms with Crippen molar-refractivity contribution in [2.75, 3.05) is 24.6 Å². The fourth-order valence-corrected chi connectivity index (χ4v) is 2.35. The van der Waals surface area contributed by atoms with Gasteiger partial charge in [0.1, 0.15) is 5.82 Å². The second kappa shape index (κ2) is 5.68. The van der Waals surface area contributed by atoms with Crippen LogP contribution in [0.4, 0.5) is 5.82 Å². The number of aromatic nitrogens is 1. The minimum absolute atomic E-state index is 0.0729. The van der Waals surface area contributed by atoms with Crippen molar-refractivity contribution >= 4 is 11.7 Å². The average molecular weight is 250 g/mol. The van der Waals surface area contributed by atoms with Crippen LogP contribution in [-0.2, 0) is 0 Å². The smallest absolute Gasteiger partial charge is 0.173 e. The van der Waals surface area contributed by atoms with Crippen LogP contribution in [0.25, 0.3) is 0 Å². The maximum Gasteiger partial charge on any atom is 0.173 e. The second-order valence-electron chi connectivity index (χ2n) is 4.47. The van der Waals surface area contributed by atoms with Crippen LogP contribution in [0.1, 0.15) is 18.4 Å². The number of nitrogens with zero attached hydrogens (tertiary/aromatic N) is 3. The minimum Gasteiger partial charge on any atom is -0.409 e. The van der Waals surface area contributed by atoms with Crippen LogP contribution >= 0.6 is 0 Å². The van der Waals surface area contributed by atoms with Gasteiger partial charge in [0.05, 0.1) is 5.56 Å². The first-order valence-corrected chi connectivity index (χ1v) is 6.05. The summed E-state index contributed by atoms with van der Waals surface area (Å²) >= 11 is 0. The number of pyridine rings is 1. The van der Waals surface area contributed by atoms with E-state index < -0.39 is 0 Å². The predicted octanol–water partition coefficient (Wildman–Crippen LogP) is 0.385. The van der Waals surface area contributed by atoms with Gasteiger partial charge in [-0.3, -0.25) is 0 Å². The molecule has 98 valence electrons. The first-order valence-electron chi connectivity index (χ1n) is 6.05. The lowest BCUT2D eigenvalue weighted by Crippen LogP contribution is -2.25. The molecule has 1 aliphatic heterocycles. The topological polar surface area (TPSA) is 95.0 Å². The molecule has 0 aliphatic carbocycles. The van der Waals surface area contributed by atoms with E-state index in [1.54, 1.807) is 18.3 Å². The van der Waals surface area contributed by atoms with Gasteiger partial charge >= 0.3 is 0 Å². The van der Waals surface area contributed by atoms with Crippen LogP contribution in [0, 0.1) is 5.92 Å². The van der Waals surface area contributed by atoms with Crippen molar-refractivity contribution in [1.29, 1.82) is 0 Å². The number of aliphatic hydroxyl groups excluding tert-OH is 1. The molecule has 1 aromatic heterocycles. The van der Waals surface area contributed by atoms with E-state index in [1.807, 2.05) is 0 Å². The fourth-order valence-electron chi connectivity index (χ4n) is 2.35. The van der Waals surface area contributed by atoms with Crippen LogP contribution in [0.3, 0.4) is 0 Å². The Kier molecular flexibility index (Phi) is 3.99. The largest absolute Gasteiger partial charge is 0.409 e. The summed E-state index contributed by atoms with van der Waals surface area (Å²) in [6.45, 7) is 1.95. The lowest BCUT2D eigenvalue weighted by Gasteiger charge is -2.20. The Labute approximate surface area is 106 Å². The number of hydrogen-bond donors (Lipinski definition) is 3. The summed E-state index contributed by atoms with van der Waals surface area (Å²) in [6, 6.07) is 3.55. The molecule has 2 heterocycles. The average Bonchev–Trinajstić information content (AvgIpc) is 2.87. The molecule has 4 N–H and O–H groups in total. The summed E-state index contributed by atoms with van der Waals surface area (Å²) in [6.07, 6.45) is 3.54. The van der Waals surface area contributed by atoms with Gasteiger partial charge in [-0.15, -0.1) is 0 Å². The number of aliphatic hydroxyl groups is 1. The monoisotopic (exact) mass is 250 g/mol. The molecule has 0 radical (unpaired) electrons. The Morgan fingerprint density at radius 3 is 3.17 bits per heavy atom. The highest BCUT2D eigenvalue weighted by molar-refractivity contribution is 6.01. The molecule has 1 unspecified atom stereocenters. The van der Waals surface area contributed by atoms with Crippen LogP contribution in [0.5, 0.6) is 0 Å². The molecule has 6 nitrogen and oxygen atoms in total. The van der Waals surface area contributed by atoms with E-state index in [-0.39, 0.29) is 12.4 Å². The van der Waals surface area contributed by atoms with E-state index in [0.717, 1.165) is 31.7 Å². The zero-order chi connectivity index (χ0) is 13.0. The van der Waals surface area contributed by atoms with Gasteiger partial charge in [-0.05, 0) is 30.9 Å². The Bertz CT molecular complexity index is 436. The Balaban J connectivity index is 2.19. The van der Waals surface area contributed by atoms with Gasteiger partial charge in [0.15, 0.2) is 5.84 Å². The summed E-state index contributed by atoms with van der Waals surface area (Å²) < 4.78 is 0. The number of amidine groups is 1. The Morgan fingerprint density at radius 1 is 1.61 bits per heavy atom. The predicted molar refractivity (Wildman–Crippen MR) is 68.8 cm³/mol.